The first-order chi connectivity index (χ1) is 11.5. The first-order valence-electron chi connectivity index (χ1n) is 8.13. The first kappa shape index (κ1) is 15.4. The first-order valence-corrected chi connectivity index (χ1v) is 9.74. The van der Waals surface area contributed by atoms with Crippen LogP contribution in [0.3, 0.4) is 0 Å². The maximum absolute atomic E-state index is 12.8. The van der Waals surface area contributed by atoms with Crippen molar-refractivity contribution in [1.82, 2.24) is 8.87 Å². The van der Waals surface area contributed by atoms with E-state index in [1.54, 1.807) is 4.31 Å². The second-order valence-corrected chi connectivity index (χ2v) is 8.39. The summed E-state index contributed by atoms with van der Waals surface area (Å²) in [6.45, 7) is 3.68. The Balaban J connectivity index is 1.60. The van der Waals surface area contributed by atoms with Gasteiger partial charge in [0.05, 0.1) is 12.3 Å². The summed E-state index contributed by atoms with van der Waals surface area (Å²) in [6.07, 6.45) is 0. The lowest BCUT2D eigenvalue weighted by Gasteiger charge is -2.28. The molecule has 5 heteroatoms. The van der Waals surface area contributed by atoms with Crippen molar-refractivity contribution in [2.24, 2.45) is 0 Å². The van der Waals surface area contributed by atoms with Crippen LogP contribution in [0.1, 0.15) is 16.8 Å². The third-order valence-electron chi connectivity index (χ3n) is 4.67. The lowest BCUT2D eigenvalue weighted by Crippen LogP contribution is -2.38. The number of benzene rings is 2. The Morgan fingerprint density at radius 3 is 2.54 bits per heavy atom. The van der Waals surface area contributed by atoms with Gasteiger partial charge in [-0.15, -0.1) is 0 Å². The van der Waals surface area contributed by atoms with Gasteiger partial charge in [-0.2, -0.15) is 4.31 Å². The van der Waals surface area contributed by atoms with Crippen molar-refractivity contribution in [2.45, 2.75) is 25.8 Å². The van der Waals surface area contributed by atoms with Crippen molar-refractivity contribution in [2.75, 3.05) is 6.54 Å². The van der Waals surface area contributed by atoms with E-state index in [1.807, 2.05) is 43.3 Å². The third kappa shape index (κ3) is 2.74. The molecule has 0 radical (unpaired) electrons. The molecule has 0 atom stereocenters. The largest absolute Gasteiger partial charge is 0.342 e. The van der Waals surface area contributed by atoms with Crippen molar-refractivity contribution >= 4 is 20.9 Å². The second kappa shape index (κ2) is 5.76. The van der Waals surface area contributed by atoms with Gasteiger partial charge in [0.25, 0.3) is 0 Å². The Morgan fingerprint density at radius 2 is 1.75 bits per heavy atom. The number of fused-ring (bicyclic) bond motifs is 3. The molecule has 2 heterocycles. The summed E-state index contributed by atoms with van der Waals surface area (Å²) in [5.41, 5.74) is 4.23. The lowest BCUT2D eigenvalue weighted by molar-refractivity contribution is 0.345. The summed E-state index contributed by atoms with van der Waals surface area (Å²) in [6, 6.07) is 18.0. The molecule has 1 aromatic heterocycles. The summed E-state index contributed by atoms with van der Waals surface area (Å²) in [7, 11) is -3.31. The SMILES string of the molecule is Cc1ccc(CS(=O)(=O)N2CCn3c(cc4ccccc43)C2)cc1. The smallest absolute Gasteiger partial charge is 0.218 e. The van der Waals surface area contributed by atoms with Gasteiger partial charge < -0.3 is 4.57 Å². The van der Waals surface area contributed by atoms with Gasteiger partial charge in [-0.25, -0.2) is 8.42 Å². The standard InChI is InChI=1S/C19H20N2O2S/c1-15-6-8-16(9-7-15)14-24(22,23)20-10-11-21-18(13-20)12-17-4-2-3-5-19(17)21/h2-9,12H,10-11,13-14H2,1H3. The molecule has 0 aliphatic carbocycles. The monoisotopic (exact) mass is 340 g/mol. The summed E-state index contributed by atoms with van der Waals surface area (Å²) < 4.78 is 29.4. The number of hydrogen-bond donors (Lipinski definition) is 0. The van der Waals surface area contributed by atoms with E-state index in [0.717, 1.165) is 16.8 Å². The molecule has 4 rings (SSSR count). The van der Waals surface area contributed by atoms with Gasteiger partial charge >= 0.3 is 0 Å². The summed E-state index contributed by atoms with van der Waals surface area (Å²) >= 11 is 0. The van der Waals surface area contributed by atoms with Crippen molar-refractivity contribution in [1.29, 1.82) is 0 Å². The van der Waals surface area contributed by atoms with Crippen LogP contribution in [-0.2, 0) is 28.9 Å². The molecule has 24 heavy (non-hydrogen) atoms. The average Bonchev–Trinajstić information content (AvgIpc) is 2.94. The molecule has 4 nitrogen and oxygen atoms in total. The van der Waals surface area contributed by atoms with Crippen LogP contribution in [0.2, 0.25) is 0 Å². The van der Waals surface area contributed by atoms with E-state index in [-0.39, 0.29) is 5.75 Å². The van der Waals surface area contributed by atoms with Crippen LogP contribution in [-0.4, -0.2) is 23.8 Å². The molecule has 3 aromatic rings. The van der Waals surface area contributed by atoms with E-state index in [9.17, 15) is 8.42 Å². The van der Waals surface area contributed by atoms with Crippen LogP contribution in [0, 0.1) is 6.92 Å². The van der Waals surface area contributed by atoms with Crippen molar-refractivity contribution in [3.05, 3.63) is 71.4 Å². The third-order valence-corrected chi connectivity index (χ3v) is 6.47. The number of hydrogen-bond acceptors (Lipinski definition) is 2. The fraction of sp³-hybridized carbons (Fsp3) is 0.263. The highest BCUT2D eigenvalue weighted by Gasteiger charge is 2.27. The summed E-state index contributed by atoms with van der Waals surface area (Å²) in [5.74, 6) is 0.0630. The van der Waals surface area contributed by atoms with Gasteiger partial charge in [-0.3, -0.25) is 0 Å². The summed E-state index contributed by atoms with van der Waals surface area (Å²) in [4.78, 5) is 0. The minimum Gasteiger partial charge on any atom is -0.342 e. The fourth-order valence-corrected chi connectivity index (χ4v) is 4.84. The minimum absolute atomic E-state index is 0.0630. The molecule has 0 bridgehead atoms. The molecule has 0 unspecified atom stereocenters. The van der Waals surface area contributed by atoms with Crippen LogP contribution in [0.5, 0.6) is 0 Å². The Hall–Kier alpha value is -2.11. The molecular formula is C19H20N2O2S. The number of nitrogens with zero attached hydrogens (tertiary/aromatic N) is 2. The Labute approximate surface area is 142 Å². The molecule has 0 amide bonds. The predicted octanol–water partition coefficient (Wildman–Crippen LogP) is 3.30. The highest BCUT2D eigenvalue weighted by Crippen LogP contribution is 2.26. The highest BCUT2D eigenvalue weighted by molar-refractivity contribution is 7.88. The maximum Gasteiger partial charge on any atom is 0.218 e. The van der Waals surface area contributed by atoms with Crippen LogP contribution in [0.4, 0.5) is 0 Å². The number of aromatic nitrogens is 1. The zero-order valence-electron chi connectivity index (χ0n) is 13.6. The molecule has 2 aromatic carbocycles. The zero-order chi connectivity index (χ0) is 16.7. The highest BCUT2D eigenvalue weighted by atomic mass is 32.2. The Kier molecular flexibility index (Phi) is 3.70. The van der Waals surface area contributed by atoms with E-state index in [4.69, 9.17) is 0 Å². The number of para-hydroxylation sites is 1. The topological polar surface area (TPSA) is 42.3 Å². The number of rotatable bonds is 3. The maximum atomic E-state index is 12.8. The van der Waals surface area contributed by atoms with Crippen LogP contribution < -0.4 is 0 Å². The van der Waals surface area contributed by atoms with Crippen LogP contribution in [0.25, 0.3) is 10.9 Å². The van der Waals surface area contributed by atoms with E-state index in [0.29, 0.717) is 19.6 Å². The van der Waals surface area contributed by atoms with Gasteiger partial charge in [-0.1, -0.05) is 48.0 Å². The zero-order valence-corrected chi connectivity index (χ0v) is 14.5. The van der Waals surface area contributed by atoms with E-state index in [2.05, 4.69) is 22.8 Å². The van der Waals surface area contributed by atoms with Crippen LogP contribution in [0.15, 0.2) is 54.6 Å². The minimum atomic E-state index is -3.31. The molecular weight excluding hydrogens is 320 g/mol. The van der Waals surface area contributed by atoms with E-state index >= 15 is 0 Å². The van der Waals surface area contributed by atoms with Crippen molar-refractivity contribution in [3.8, 4) is 0 Å². The molecule has 0 saturated heterocycles. The Bertz CT molecular complexity index is 988. The van der Waals surface area contributed by atoms with Gasteiger partial charge in [0.15, 0.2) is 0 Å². The molecule has 124 valence electrons. The molecule has 0 saturated carbocycles. The molecule has 0 spiro atoms. The van der Waals surface area contributed by atoms with E-state index in [1.165, 1.54) is 10.9 Å². The van der Waals surface area contributed by atoms with Crippen molar-refractivity contribution in [3.63, 3.8) is 0 Å². The number of sulfonamides is 1. The van der Waals surface area contributed by atoms with Gasteiger partial charge in [-0.05, 0) is 30.0 Å². The second-order valence-electron chi connectivity index (χ2n) is 6.42. The van der Waals surface area contributed by atoms with Gasteiger partial charge in [0.1, 0.15) is 0 Å². The quantitative estimate of drug-likeness (QED) is 0.734. The molecule has 1 aliphatic heterocycles. The average molecular weight is 340 g/mol. The molecule has 0 fully saturated rings. The normalized spacial score (nSPS) is 15.5. The summed E-state index contributed by atoms with van der Waals surface area (Å²) in [5, 5.41) is 1.17. The fourth-order valence-electron chi connectivity index (χ4n) is 3.36. The molecule has 1 aliphatic rings. The molecule has 0 N–H and O–H groups in total. The van der Waals surface area contributed by atoms with Crippen LogP contribution >= 0.6 is 0 Å². The van der Waals surface area contributed by atoms with Gasteiger partial charge in [0, 0.05) is 24.3 Å². The number of aryl methyl sites for hydroxylation is 1. The van der Waals surface area contributed by atoms with E-state index < -0.39 is 10.0 Å². The van der Waals surface area contributed by atoms with Gasteiger partial charge in [0.2, 0.25) is 10.0 Å². The predicted molar refractivity (Wildman–Crippen MR) is 96.2 cm³/mol. The van der Waals surface area contributed by atoms with Crippen molar-refractivity contribution < 1.29 is 8.42 Å². The Morgan fingerprint density at radius 1 is 1.00 bits per heavy atom. The lowest BCUT2D eigenvalue weighted by atomic mass is 10.2.